The van der Waals surface area contributed by atoms with Crippen molar-refractivity contribution >= 4 is 23.6 Å². The predicted octanol–water partition coefficient (Wildman–Crippen LogP) is 5.01. The molecule has 1 aliphatic heterocycles. The van der Waals surface area contributed by atoms with E-state index in [-0.39, 0.29) is 23.7 Å². The summed E-state index contributed by atoms with van der Waals surface area (Å²) in [5.74, 6) is 0.669. The van der Waals surface area contributed by atoms with E-state index in [1.165, 1.54) is 56.0 Å². The number of hydrogen-bond acceptors (Lipinski definition) is 4. The molecule has 2 N–H and O–H groups in total. The van der Waals surface area contributed by atoms with Crippen molar-refractivity contribution in [1.29, 1.82) is 0 Å². The number of hydrogen-bond donors (Lipinski definition) is 2. The number of benzene rings is 2. The zero-order valence-corrected chi connectivity index (χ0v) is 21.1. The fourth-order valence-electron chi connectivity index (χ4n) is 4.97. The lowest BCUT2D eigenvalue weighted by Crippen LogP contribution is -2.44. The van der Waals surface area contributed by atoms with Gasteiger partial charge in [0.1, 0.15) is 5.82 Å². The van der Waals surface area contributed by atoms with E-state index in [4.69, 9.17) is 0 Å². The SMILES string of the molecule is O=C(CSc1ccccc1C(=O)NC1CCN(Cc2ccc(F)cc2)CC1)NCC1CCCCC1. The number of carbonyl (C=O) groups is 2. The summed E-state index contributed by atoms with van der Waals surface area (Å²) >= 11 is 1.43. The quantitative estimate of drug-likeness (QED) is 0.478. The Morgan fingerprint density at radius 1 is 0.943 bits per heavy atom. The van der Waals surface area contributed by atoms with Crippen LogP contribution in [0.5, 0.6) is 0 Å². The second kappa shape index (κ2) is 13.1. The van der Waals surface area contributed by atoms with E-state index < -0.39 is 0 Å². The zero-order chi connectivity index (χ0) is 24.5. The normalized spacial score (nSPS) is 17.7. The van der Waals surface area contributed by atoms with Crippen molar-refractivity contribution in [2.75, 3.05) is 25.4 Å². The molecule has 2 aromatic rings. The fourth-order valence-corrected chi connectivity index (χ4v) is 5.85. The Bertz CT molecular complexity index is 970. The van der Waals surface area contributed by atoms with Gasteiger partial charge in [0.2, 0.25) is 5.91 Å². The topological polar surface area (TPSA) is 61.4 Å². The van der Waals surface area contributed by atoms with Gasteiger partial charge in [-0.25, -0.2) is 4.39 Å². The minimum Gasteiger partial charge on any atom is -0.355 e. The zero-order valence-electron chi connectivity index (χ0n) is 20.3. The van der Waals surface area contributed by atoms with Crippen LogP contribution in [0, 0.1) is 11.7 Å². The number of nitrogens with zero attached hydrogens (tertiary/aromatic N) is 1. The summed E-state index contributed by atoms with van der Waals surface area (Å²) in [5, 5.41) is 6.27. The average Bonchev–Trinajstić information content (AvgIpc) is 2.89. The van der Waals surface area contributed by atoms with Gasteiger partial charge in [-0.3, -0.25) is 14.5 Å². The first-order valence-corrected chi connectivity index (χ1v) is 13.8. The molecule has 188 valence electrons. The number of carbonyl (C=O) groups excluding carboxylic acids is 2. The molecule has 0 bridgehead atoms. The maximum atomic E-state index is 13.1. The highest BCUT2D eigenvalue weighted by atomic mass is 32.2. The van der Waals surface area contributed by atoms with E-state index in [9.17, 15) is 14.0 Å². The average molecular weight is 498 g/mol. The highest BCUT2D eigenvalue weighted by Crippen LogP contribution is 2.25. The number of thioether (sulfide) groups is 1. The summed E-state index contributed by atoms with van der Waals surface area (Å²) in [6.07, 6.45) is 8.03. The molecule has 2 fully saturated rings. The predicted molar refractivity (Wildman–Crippen MR) is 139 cm³/mol. The van der Waals surface area contributed by atoms with Crippen LogP contribution in [0.15, 0.2) is 53.4 Å². The fraction of sp³-hybridized carbons (Fsp3) is 0.500. The van der Waals surface area contributed by atoms with Crippen LogP contribution in [0.2, 0.25) is 0 Å². The van der Waals surface area contributed by atoms with Crippen LogP contribution >= 0.6 is 11.8 Å². The van der Waals surface area contributed by atoms with Crippen molar-refractivity contribution in [1.82, 2.24) is 15.5 Å². The van der Waals surface area contributed by atoms with Crippen molar-refractivity contribution in [2.24, 2.45) is 5.92 Å². The minimum atomic E-state index is -0.214. The second-order valence-corrected chi connectivity index (χ2v) is 10.8. The highest BCUT2D eigenvalue weighted by molar-refractivity contribution is 8.00. The molecule has 4 rings (SSSR count). The van der Waals surface area contributed by atoms with E-state index in [1.807, 2.05) is 36.4 Å². The Labute approximate surface area is 212 Å². The van der Waals surface area contributed by atoms with Gasteiger partial charge in [-0.15, -0.1) is 11.8 Å². The van der Waals surface area contributed by atoms with Gasteiger partial charge in [0.05, 0.1) is 11.3 Å². The smallest absolute Gasteiger partial charge is 0.252 e. The summed E-state index contributed by atoms with van der Waals surface area (Å²) in [6.45, 7) is 3.34. The first kappa shape index (κ1) is 25.7. The lowest BCUT2D eigenvalue weighted by atomic mass is 9.89. The Balaban J connectivity index is 1.21. The molecule has 2 aromatic carbocycles. The number of piperidine rings is 1. The van der Waals surface area contributed by atoms with Gasteiger partial charge in [-0.2, -0.15) is 0 Å². The molecule has 7 heteroatoms. The molecule has 0 aromatic heterocycles. The third-order valence-electron chi connectivity index (χ3n) is 7.05. The number of nitrogens with one attached hydrogen (secondary N) is 2. The third-order valence-corrected chi connectivity index (χ3v) is 8.12. The lowest BCUT2D eigenvalue weighted by Gasteiger charge is -2.32. The Hall–Kier alpha value is -2.38. The molecule has 0 spiro atoms. The molecule has 1 saturated heterocycles. The summed E-state index contributed by atoms with van der Waals surface area (Å²) in [6, 6.07) is 14.3. The van der Waals surface area contributed by atoms with Gasteiger partial charge in [0, 0.05) is 37.1 Å². The maximum absolute atomic E-state index is 13.1. The summed E-state index contributed by atoms with van der Waals surface area (Å²) in [5.41, 5.74) is 1.73. The highest BCUT2D eigenvalue weighted by Gasteiger charge is 2.22. The lowest BCUT2D eigenvalue weighted by molar-refractivity contribution is -0.118. The summed E-state index contributed by atoms with van der Waals surface area (Å²) in [7, 11) is 0. The molecule has 1 aliphatic carbocycles. The molecule has 1 heterocycles. The van der Waals surface area contributed by atoms with Crippen molar-refractivity contribution in [3.63, 3.8) is 0 Å². The van der Waals surface area contributed by atoms with Gasteiger partial charge >= 0.3 is 0 Å². The van der Waals surface area contributed by atoms with Crippen LogP contribution < -0.4 is 10.6 Å². The molecular weight excluding hydrogens is 461 g/mol. The van der Waals surface area contributed by atoms with Crippen molar-refractivity contribution in [3.8, 4) is 0 Å². The van der Waals surface area contributed by atoms with Gasteiger partial charge in [-0.1, -0.05) is 43.5 Å². The molecule has 0 unspecified atom stereocenters. The Morgan fingerprint density at radius 3 is 2.40 bits per heavy atom. The molecule has 2 amide bonds. The molecule has 0 radical (unpaired) electrons. The van der Waals surface area contributed by atoms with Crippen LogP contribution in [0.3, 0.4) is 0 Å². The molecule has 0 atom stereocenters. The largest absolute Gasteiger partial charge is 0.355 e. The van der Waals surface area contributed by atoms with Crippen LogP contribution in [0.4, 0.5) is 4.39 Å². The standard InChI is InChI=1S/C28H36FN3O2S/c29-23-12-10-22(11-13-23)19-32-16-14-24(15-17-32)31-28(34)25-8-4-5-9-26(25)35-20-27(33)30-18-21-6-2-1-3-7-21/h4-5,8-13,21,24H,1-3,6-7,14-20H2,(H,30,33)(H,31,34). The maximum Gasteiger partial charge on any atom is 0.252 e. The van der Waals surface area contributed by atoms with Crippen LogP contribution in [-0.2, 0) is 11.3 Å². The van der Waals surface area contributed by atoms with Crippen LogP contribution in [-0.4, -0.2) is 48.1 Å². The molecule has 1 saturated carbocycles. The Morgan fingerprint density at radius 2 is 1.66 bits per heavy atom. The first-order valence-electron chi connectivity index (χ1n) is 12.8. The van der Waals surface area contributed by atoms with Crippen molar-refractivity contribution < 1.29 is 14.0 Å². The van der Waals surface area contributed by atoms with E-state index in [1.54, 1.807) is 0 Å². The van der Waals surface area contributed by atoms with E-state index in [0.717, 1.165) is 49.5 Å². The first-order chi connectivity index (χ1) is 17.1. The summed E-state index contributed by atoms with van der Waals surface area (Å²) in [4.78, 5) is 28.6. The number of amides is 2. The van der Waals surface area contributed by atoms with Crippen LogP contribution in [0.1, 0.15) is 60.9 Å². The van der Waals surface area contributed by atoms with E-state index in [2.05, 4.69) is 15.5 Å². The Kier molecular flexibility index (Phi) is 9.60. The monoisotopic (exact) mass is 497 g/mol. The van der Waals surface area contributed by atoms with Crippen molar-refractivity contribution in [3.05, 3.63) is 65.5 Å². The number of rotatable bonds is 9. The summed E-state index contributed by atoms with van der Waals surface area (Å²) < 4.78 is 13.1. The minimum absolute atomic E-state index is 0.0318. The van der Waals surface area contributed by atoms with Gasteiger partial charge in [0.25, 0.3) is 5.91 Å². The van der Waals surface area contributed by atoms with Gasteiger partial charge in [-0.05, 0) is 61.4 Å². The van der Waals surface area contributed by atoms with E-state index >= 15 is 0 Å². The van der Waals surface area contributed by atoms with Crippen LogP contribution in [0.25, 0.3) is 0 Å². The van der Waals surface area contributed by atoms with Gasteiger partial charge in [0.15, 0.2) is 0 Å². The van der Waals surface area contributed by atoms with Gasteiger partial charge < -0.3 is 10.6 Å². The van der Waals surface area contributed by atoms with E-state index in [0.29, 0.717) is 17.2 Å². The number of halogens is 1. The molecule has 5 nitrogen and oxygen atoms in total. The molecule has 35 heavy (non-hydrogen) atoms. The third kappa shape index (κ3) is 8.07. The molecule has 2 aliphatic rings. The number of likely N-dealkylation sites (tertiary alicyclic amines) is 1. The van der Waals surface area contributed by atoms with Crippen molar-refractivity contribution in [2.45, 2.75) is 62.4 Å². The molecular formula is C28H36FN3O2S. The second-order valence-electron chi connectivity index (χ2n) is 9.74.